The van der Waals surface area contributed by atoms with Gasteiger partial charge in [0, 0.05) is 6.54 Å². The first kappa shape index (κ1) is 11.3. The van der Waals surface area contributed by atoms with Gasteiger partial charge >= 0.3 is 0 Å². The van der Waals surface area contributed by atoms with Crippen molar-refractivity contribution in [2.75, 3.05) is 13.6 Å². The van der Waals surface area contributed by atoms with Gasteiger partial charge in [-0.1, -0.05) is 13.3 Å². The molecule has 9 heavy (non-hydrogen) atoms. The average Bonchev–Trinajstić information content (AvgIpc) is 1.94. The van der Waals surface area contributed by atoms with E-state index >= 15 is 0 Å². The third-order valence-corrected chi connectivity index (χ3v) is 0.746. The average molecular weight is 131 g/mol. The zero-order valence-corrected chi connectivity index (χ0v) is 6.30. The molecule has 0 heterocycles. The zero-order chi connectivity index (χ0) is 7.54. The smallest absolute Gasteiger partial charge is 0.0797 e. The molecule has 0 atom stereocenters. The summed E-state index contributed by atoms with van der Waals surface area (Å²) in [7, 11) is 1.50. The lowest BCUT2D eigenvalue weighted by atomic mass is 10.3. The Morgan fingerprint density at radius 2 is 2.00 bits per heavy atom. The second-order valence-corrected chi connectivity index (χ2v) is 1.41. The summed E-state index contributed by atoms with van der Waals surface area (Å²) < 4.78 is 0. The van der Waals surface area contributed by atoms with Crippen molar-refractivity contribution in [3.05, 3.63) is 0 Å². The molecule has 0 saturated heterocycles. The summed E-state index contributed by atoms with van der Waals surface area (Å²) in [6.45, 7) is 3.01. The van der Waals surface area contributed by atoms with Crippen LogP contribution in [0.5, 0.6) is 0 Å². The van der Waals surface area contributed by atoms with Gasteiger partial charge in [-0.2, -0.15) is 0 Å². The van der Waals surface area contributed by atoms with Crippen LogP contribution in [-0.4, -0.2) is 19.9 Å². The van der Waals surface area contributed by atoms with Crippen molar-refractivity contribution in [2.45, 2.75) is 19.8 Å². The Morgan fingerprint density at radius 3 is 2.33 bits per heavy atom. The van der Waals surface area contributed by atoms with E-state index < -0.39 is 0 Å². The van der Waals surface area contributed by atoms with Crippen molar-refractivity contribution in [3.8, 4) is 0 Å². The number of hydrogen-bond donors (Lipinski definition) is 2. The van der Waals surface area contributed by atoms with Crippen molar-refractivity contribution < 1.29 is 0 Å². The summed E-state index contributed by atoms with van der Waals surface area (Å²) in [5, 5.41) is 0. The molecule has 0 radical (unpaired) electrons. The molecule has 0 aromatic carbocycles. The maximum Gasteiger partial charge on any atom is 0.0797 e. The first-order valence-corrected chi connectivity index (χ1v) is 3.19. The highest BCUT2D eigenvalue weighted by Crippen LogP contribution is 1.83. The Morgan fingerprint density at radius 1 is 1.44 bits per heavy atom. The van der Waals surface area contributed by atoms with Crippen molar-refractivity contribution >= 4 is 6.34 Å². The first-order valence-electron chi connectivity index (χ1n) is 3.19. The Hall–Kier alpha value is -0.570. The molecule has 3 heteroatoms. The summed E-state index contributed by atoms with van der Waals surface area (Å²) in [6, 6.07) is 0. The minimum Gasteiger partial charge on any atom is -0.390 e. The van der Waals surface area contributed by atoms with E-state index in [0.29, 0.717) is 0 Å². The molecule has 0 aliphatic heterocycles. The molecule has 0 aliphatic carbocycles. The minimum atomic E-state index is 0.882. The molecule has 0 amide bonds. The van der Waals surface area contributed by atoms with Crippen LogP contribution in [0.4, 0.5) is 0 Å². The highest BCUT2D eigenvalue weighted by Gasteiger charge is 1.73. The number of rotatable bonds is 3. The lowest BCUT2D eigenvalue weighted by molar-refractivity contribution is 0.809. The highest BCUT2D eigenvalue weighted by molar-refractivity contribution is 5.50. The maximum atomic E-state index is 4.98. The minimum absolute atomic E-state index is 0.882. The van der Waals surface area contributed by atoms with Crippen molar-refractivity contribution in [3.63, 3.8) is 0 Å². The Labute approximate surface area is 57.1 Å². The molecule has 3 nitrogen and oxygen atoms in total. The van der Waals surface area contributed by atoms with Crippen LogP contribution in [0.3, 0.4) is 0 Å². The molecule has 4 N–H and O–H groups in total. The van der Waals surface area contributed by atoms with Crippen LogP contribution in [-0.2, 0) is 0 Å². The highest BCUT2D eigenvalue weighted by atomic mass is 14.8. The van der Waals surface area contributed by atoms with E-state index in [-0.39, 0.29) is 0 Å². The van der Waals surface area contributed by atoms with E-state index in [9.17, 15) is 0 Å². The quantitative estimate of drug-likeness (QED) is 0.330. The standard InChI is InChI=1S/C5H12N2.CH5N/c1-2-3-4-7-5-6;1-2/h5H,2-4H2,1H3,(H2,6,7);2H2,1H3. The molecule has 0 aromatic rings. The molecule has 0 spiro atoms. The third kappa shape index (κ3) is 18.6. The molecule has 0 saturated carbocycles. The fraction of sp³-hybridized carbons (Fsp3) is 0.833. The summed E-state index contributed by atoms with van der Waals surface area (Å²) in [5.74, 6) is 0. The van der Waals surface area contributed by atoms with Crippen LogP contribution in [0.15, 0.2) is 4.99 Å². The number of unbranched alkanes of at least 4 members (excludes halogenated alkanes) is 1. The van der Waals surface area contributed by atoms with Gasteiger partial charge in [-0.15, -0.1) is 0 Å². The van der Waals surface area contributed by atoms with Gasteiger partial charge in [0.25, 0.3) is 0 Å². The summed E-state index contributed by atoms with van der Waals surface area (Å²) in [6.07, 6.45) is 3.70. The van der Waals surface area contributed by atoms with Crippen LogP contribution in [0.1, 0.15) is 19.8 Å². The molecule has 0 unspecified atom stereocenters. The SMILES string of the molecule is CCCCN=CN.CN. The van der Waals surface area contributed by atoms with Crippen molar-refractivity contribution in [1.29, 1.82) is 0 Å². The van der Waals surface area contributed by atoms with Crippen LogP contribution < -0.4 is 11.5 Å². The normalized spacial score (nSPS) is 8.78. The topological polar surface area (TPSA) is 64.4 Å². The molecular weight excluding hydrogens is 114 g/mol. The van der Waals surface area contributed by atoms with Gasteiger partial charge in [-0.3, -0.25) is 4.99 Å². The fourth-order valence-corrected chi connectivity index (χ4v) is 0.324. The number of hydrogen-bond acceptors (Lipinski definition) is 2. The molecule has 0 aliphatic rings. The van der Waals surface area contributed by atoms with Crippen molar-refractivity contribution in [1.82, 2.24) is 0 Å². The Bertz CT molecular complexity index is 52.3. The zero-order valence-electron chi connectivity index (χ0n) is 6.30. The molecular formula is C6H17N3. The van der Waals surface area contributed by atoms with Gasteiger partial charge in [0.05, 0.1) is 6.34 Å². The van der Waals surface area contributed by atoms with Gasteiger partial charge in [0.2, 0.25) is 0 Å². The molecule has 0 rings (SSSR count). The van der Waals surface area contributed by atoms with Crippen LogP contribution >= 0.6 is 0 Å². The predicted molar refractivity (Wildman–Crippen MR) is 42.6 cm³/mol. The third-order valence-electron chi connectivity index (χ3n) is 0.746. The van der Waals surface area contributed by atoms with Crippen LogP contribution in [0, 0.1) is 0 Å². The van der Waals surface area contributed by atoms with E-state index in [2.05, 4.69) is 17.6 Å². The second kappa shape index (κ2) is 15.7. The Kier molecular flexibility index (Phi) is 19.6. The molecule has 56 valence electrons. The lowest BCUT2D eigenvalue weighted by Gasteiger charge is -1.84. The van der Waals surface area contributed by atoms with Gasteiger partial charge in [-0.25, -0.2) is 0 Å². The van der Waals surface area contributed by atoms with Gasteiger partial charge < -0.3 is 11.5 Å². The number of aliphatic imine (C=N–C) groups is 1. The van der Waals surface area contributed by atoms with Gasteiger partial charge in [0.15, 0.2) is 0 Å². The predicted octanol–water partition coefficient (Wildman–Crippen LogP) is 0.348. The summed E-state index contributed by atoms with van der Waals surface area (Å²) in [5.41, 5.74) is 9.48. The largest absolute Gasteiger partial charge is 0.390 e. The van der Waals surface area contributed by atoms with E-state index in [0.717, 1.165) is 13.0 Å². The van der Waals surface area contributed by atoms with Gasteiger partial charge in [0.1, 0.15) is 0 Å². The van der Waals surface area contributed by atoms with E-state index in [1.54, 1.807) is 0 Å². The summed E-state index contributed by atoms with van der Waals surface area (Å²) >= 11 is 0. The molecule has 0 aromatic heterocycles. The van der Waals surface area contributed by atoms with E-state index in [1.807, 2.05) is 0 Å². The fourth-order valence-electron chi connectivity index (χ4n) is 0.324. The summed E-state index contributed by atoms with van der Waals surface area (Å²) in [4.78, 5) is 3.81. The first-order chi connectivity index (χ1) is 4.41. The lowest BCUT2D eigenvalue weighted by Crippen LogP contribution is -1.89. The Balaban J connectivity index is 0. The molecule has 0 fully saturated rings. The van der Waals surface area contributed by atoms with E-state index in [1.165, 1.54) is 19.8 Å². The number of nitrogens with zero attached hydrogens (tertiary/aromatic N) is 1. The van der Waals surface area contributed by atoms with Crippen LogP contribution in [0.2, 0.25) is 0 Å². The van der Waals surface area contributed by atoms with Gasteiger partial charge in [-0.05, 0) is 13.5 Å². The number of nitrogens with two attached hydrogens (primary N) is 2. The maximum absolute atomic E-state index is 4.98. The molecule has 0 bridgehead atoms. The second-order valence-electron chi connectivity index (χ2n) is 1.41. The van der Waals surface area contributed by atoms with Crippen LogP contribution in [0.25, 0.3) is 0 Å². The van der Waals surface area contributed by atoms with Crippen molar-refractivity contribution in [2.24, 2.45) is 16.5 Å². The van der Waals surface area contributed by atoms with E-state index in [4.69, 9.17) is 5.73 Å². The monoisotopic (exact) mass is 131 g/mol.